The van der Waals surface area contributed by atoms with Crippen molar-refractivity contribution in [2.24, 2.45) is 4.99 Å². The van der Waals surface area contributed by atoms with Gasteiger partial charge in [0.2, 0.25) is 0 Å². The van der Waals surface area contributed by atoms with Gasteiger partial charge in [0.15, 0.2) is 11.2 Å². The molecule has 0 amide bonds. The van der Waals surface area contributed by atoms with E-state index < -0.39 is 11.6 Å². The van der Waals surface area contributed by atoms with Crippen molar-refractivity contribution in [2.45, 2.75) is 42.1 Å². The highest BCUT2D eigenvalue weighted by Gasteiger charge is 2.44. The monoisotopic (exact) mass is 538 g/mol. The van der Waals surface area contributed by atoms with Crippen LogP contribution in [0.15, 0.2) is 52.6 Å². The summed E-state index contributed by atoms with van der Waals surface area (Å²) in [7, 11) is 3.39. The zero-order valence-corrected chi connectivity index (χ0v) is 22.7. The van der Waals surface area contributed by atoms with Crippen molar-refractivity contribution in [1.29, 1.82) is 0 Å². The van der Waals surface area contributed by atoms with Crippen molar-refractivity contribution in [3.8, 4) is 0 Å². The van der Waals surface area contributed by atoms with Gasteiger partial charge in [-0.3, -0.25) is 4.99 Å². The summed E-state index contributed by atoms with van der Waals surface area (Å²) in [4.78, 5) is 22.7. The number of carboxylic acids is 1. The molecule has 3 aromatic rings. The topological polar surface area (TPSA) is 136 Å². The maximum Gasteiger partial charge on any atom is 0.335 e. The number of aromatic nitrogens is 3. The van der Waals surface area contributed by atoms with E-state index in [-0.39, 0.29) is 12.5 Å². The van der Waals surface area contributed by atoms with E-state index >= 15 is 0 Å². The summed E-state index contributed by atoms with van der Waals surface area (Å²) in [5.41, 5.74) is 9.33. The number of benzene rings is 1. The molecule has 4 N–H and O–H groups in total. The van der Waals surface area contributed by atoms with E-state index in [2.05, 4.69) is 15.4 Å². The third-order valence-electron chi connectivity index (χ3n) is 6.82. The summed E-state index contributed by atoms with van der Waals surface area (Å²) >= 11 is 1.52. The number of aliphatic carboxylic acids is 1. The molecule has 202 valence electrons. The molecule has 2 heterocycles. The van der Waals surface area contributed by atoms with Crippen molar-refractivity contribution in [2.75, 3.05) is 39.4 Å². The molecule has 0 saturated heterocycles. The fourth-order valence-electron chi connectivity index (χ4n) is 4.80. The highest BCUT2D eigenvalue weighted by atomic mass is 32.2. The van der Waals surface area contributed by atoms with Crippen LogP contribution >= 0.6 is 11.8 Å². The Bertz CT molecular complexity index is 1320. The van der Waals surface area contributed by atoms with Crippen molar-refractivity contribution in [3.05, 3.63) is 54.0 Å². The summed E-state index contributed by atoms with van der Waals surface area (Å²) in [6.07, 6.45) is 9.35. The number of rotatable bonds is 11. The van der Waals surface area contributed by atoms with Gasteiger partial charge in [-0.2, -0.15) is 9.61 Å². The Morgan fingerprint density at radius 3 is 2.68 bits per heavy atom. The molecule has 1 fully saturated rings. The molecular formula is C27H34N6O4S. The minimum Gasteiger partial charge on any atom is -0.479 e. The Morgan fingerprint density at radius 2 is 2.05 bits per heavy atom. The maximum atomic E-state index is 12.1. The molecule has 0 atom stereocenters. The first-order valence-electron chi connectivity index (χ1n) is 12.5. The largest absolute Gasteiger partial charge is 0.479 e. The van der Waals surface area contributed by atoms with Crippen LogP contribution in [0, 0.1) is 0 Å². The van der Waals surface area contributed by atoms with Crippen molar-refractivity contribution >= 4 is 46.7 Å². The molecule has 0 aliphatic heterocycles. The second-order valence-electron chi connectivity index (χ2n) is 9.11. The lowest BCUT2D eigenvalue weighted by Crippen LogP contribution is -2.45. The molecule has 1 aromatic carbocycles. The summed E-state index contributed by atoms with van der Waals surface area (Å²) < 4.78 is 12.5. The molecule has 38 heavy (non-hydrogen) atoms. The fraction of sp³-hybridized carbons (Fsp3) is 0.407. The SMILES string of the molecule is CN/C=C(\C=N\c1ccccc1)c1cnn2c(N)c(SC)c([C@H]3CC[C@](OCCOC)(C(=O)O)CC3)nc12. The molecule has 0 radical (unpaired) electrons. The lowest BCUT2D eigenvalue weighted by atomic mass is 9.77. The van der Waals surface area contributed by atoms with Gasteiger partial charge in [-0.15, -0.1) is 11.8 Å². The number of fused-ring (bicyclic) bond motifs is 1. The van der Waals surface area contributed by atoms with Crippen LogP contribution in [0.3, 0.4) is 0 Å². The summed E-state index contributed by atoms with van der Waals surface area (Å²) in [6, 6.07) is 9.69. The Morgan fingerprint density at radius 1 is 1.32 bits per heavy atom. The molecule has 2 aromatic heterocycles. The van der Waals surface area contributed by atoms with Gasteiger partial charge >= 0.3 is 5.97 Å². The number of thioether (sulfide) groups is 1. The van der Waals surface area contributed by atoms with Crippen LogP contribution in [0.25, 0.3) is 11.2 Å². The smallest absolute Gasteiger partial charge is 0.335 e. The zero-order valence-electron chi connectivity index (χ0n) is 21.9. The molecule has 1 saturated carbocycles. The summed E-state index contributed by atoms with van der Waals surface area (Å²) in [5, 5.41) is 17.6. The van der Waals surface area contributed by atoms with Crippen LogP contribution in [0.5, 0.6) is 0 Å². The van der Waals surface area contributed by atoms with E-state index in [9.17, 15) is 9.90 Å². The molecule has 4 rings (SSSR count). The van der Waals surface area contributed by atoms with Gasteiger partial charge in [-0.1, -0.05) is 18.2 Å². The number of aliphatic imine (C=N–C) groups is 1. The van der Waals surface area contributed by atoms with Crippen molar-refractivity contribution < 1.29 is 19.4 Å². The second kappa shape index (κ2) is 12.4. The van der Waals surface area contributed by atoms with E-state index in [1.807, 2.05) is 49.8 Å². The Kier molecular flexibility index (Phi) is 9.03. The predicted molar refractivity (Wildman–Crippen MR) is 150 cm³/mol. The van der Waals surface area contributed by atoms with Crippen LogP contribution < -0.4 is 11.1 Å². The number of allylic oxidation sites excluding steroid dienone is 1. The number of methoxy groups -OCH3 is 1. The van der Waals surface area contributed by atoms with E-state index in [0.29, 0.717) is 43.8 Å². The molecular weight excluding hydrogens is 504 g/mol. The summed E-state index contributed by atoms with van der Waals surface area (Å²) in [5.74, 6) is -0.377. The highest BCUT2D eigenvalue weighted by Crippen LogP contribution is 2.43. The zero-order chi connectivity index (χ0) is 27.1. The number of nitrogens with zero attached hydrogens (tertiary/aromatic N) is 4. The number of nitrogens with one attached hydrogen (secondary N) is 1. The van der Waals surface area contributed by atoms with Gasteiger partial charge in [0, 0.05) is 43.6 Å². The van der Waals surface area contributed by atoms with E-state index in [1.165, 1.54) is 11.8 Å². The molecule has 10 nitrogen and oxygen atoms in total. The van der Waals surface area contributed by atoms with E-state index in [0.717, 1.165) is 27.4 Å². The predicted octanol–water partition coefficient (Wildman–Crippen LogP) is 4.14. The quantitative estimate of drug-likeness (QED) is 0.187. The number of carboxylic acid groups (broad SMARTS) is 1. The van der Waals surface area contributed by atoms with Gasteiger partial charge in [0.05, 0.1) is 35.7 Å². The van der Waals surface area contributed by atoms with Gasteiger partial charge in [0.1, 0.15) is 5.82 Å². The van der Waals surface area contributed by atoms with Gasteiger partial charge < -0.3 is 25.6 Å². The number of hydrogen-bond acceptors (Lipinski definition) is 9. The van der Waals surface area contributed by atoms with E-state index in [1.54, 1.807) is 24.0 Å². The number of carbonyl (C=O) groups is 1. The number of anilines is 1. The first-order chi connectivity index (χ1) is 18.4. The molecule has 0 bridgehead atoms. The number of ether oxygens (including phenoxy) is 2. The average Bonchev–Trinajstić information content (AvgIpc) is 3.36. The normalized spacial score (nSPS) is 20.3. The van der Waals surface area contributed by atoms with Crippen molar-refractivity contribution in [3.63, 3.8) is 0 Å². The lowest BCUT2D eigenvalue weighted by molar-refractivity contribution is -0.173. The Balaban J connectivity index is 1.68. The third kappa shape index (κ3) is 5.69. The minimum atomic E-state index is -1.21. The first kappa shape index (κ1) is 27.6. The van der Waals surface area contributed by atoms with Crippen LogP contribution in [0.2, 0.25) is 0 Å². The molecule has 0 unspecified atom stereocenters. The van der Waals surface area contributed by atoms with E-state index in [4.69, 9.17) is 20.2 Å². The highest BCUT2D eigenvalue weighted by molar-refractivity contribution is 7.98. The number of hydrogen-bond donors (Lipinski definition) is 3. The van der Waals surface area contributed by atoms with Crippen LogP contribution in [-0.4, -0.2) is 71.1 Å². The molecule has 1 aliphatic carbocycles. The molecule has 0 spiro atoms. The van der Waals surface area contributed by atoms with Crippen LogP contribution in [0.1, 0.15) is 42.9 Å². The third-order valence-corrected chi connectivity index (χ3v) is 7.65. The van der Waals surface area contributed by atoms with Crippen molar-refractivity contribution in [1.82, 2.24) is 19.9 Å². The standard InChI is InChI=1S/C27H34N6O4S/c1-29-15-19(16-30-20-7-5-4-6-8-20)21-17-31-33-24(28)23(38-3)22(32-25(21)33)18-9-11-27(12-10-18,26(34)35)37-14-13-36-2/h4-8,15-18,29H,9-14,28H2,1-3H3,(H,34,35)/b19-15+,30-16+/t18-,27+. The average molecular weight is 539 g/mol. The van der Waals surface area contributed by atoms with Gasteiger partial charge in [-0.05, 0) is 44.1 Å². The molecule has 11 heteroatoms. The number of nitrogens with two attached hydrogens (primary N) is 1. The second-order valence-corrected chi connectivity index (χ2v) is 9.92. The van der Waals surface area contributed by atoms with Gasteiger partial charge in [-0.25, -0.2) is 9.78 Å². The first-order valence-corrected chi connectivity index (χ1v) is 13.7. The lowest BCUT2D eigenvalue weighted by Gasteiger charge is -2.37. The van der Waals surface area contributed by atoms with Crippen LogP contribution in [-0.2, 0) is 14.3 Å². The van der Waals surface area contributed by atoms with Crippen LogP contribution in [0.4, 0.5) is 11.5 Å². The minimum absolute atomic E-state index is 0.0423. The Hall–Kier alpha value is -3.41. The summed E-state index contributed by atoms with van der Waals surface area (Å²) in [6.45, 7) is 0.592. The Labute approximate surface area is 226 Å². The number of para-hydroxylation sites is 1. The number of nitrogen functional groups attached to an aromatic ring is 1. The van der Waals surface area contributed by atoms with Gasteiger partial charge in [0.25, 0.3) is 0 Å². The molecule has 1 aliphatic rings. The maximum absolute atomic E-state index is 12.1. The fourth-order valence-corrected chi connectivity index (χ4v) is 5.52.